The molecule has 234 valence electrons. The average Bonchev–Trinajstić information content (AvgIpc) is 2.73. The summed E-state index contributed by atoms with van der Waals surface area (Å²) in [6, 6.07) is 0. The van der Waals surface area contributed by atoms with Crippen molar-refractivity contribution in [2.24, 2.45) is 0 Å². The molecule has 0 bridgehead atoms. The fourth-order valence-electron chi connectivity index (χ4n) is 2.23. The summed E-state index contributed by atoms with van der Waals surface area (Å²) in [4.78, 5) is 14.6. The van der Waals surface area contributed by atoms with Gasteiger partial charge < -0.3 is 4.84 Å². The number of carbonyl (C=O) groups excluding carboxylic acids is 1. The molecule has 0 aromatic heterocycles. The zero-order valence-electron chi connectivity index (χ0n) is 18.5. The predicted molar refractivity (Wildman–Crippen MR) is 91.5 cm³/mol. The van der Waals surface area contributed by atoms with Gasteiger partial charge in [0.15, 0.2) is 0 Å². The molecule has 0 aromatic carbocycles. The maximum absolute atomic E-state index is 13.8. The van der Waals surface area contributed by atoms with E-state index in [1.807, 2.05) is 5.48 Å². The van der Waals surface area contributed by atoms with E-state index in [0.717, 1.165) is 6.92 Å². The van der Waals surface area contributed by atoms with Crippen LogP contribution in [0.25, 0.3) is 0 Å². The van der Waals surface area contributed by atoms with Crippen LogP contribution in [0.3, 0.4) is 0 Å². The van der Waals surface area contributed by atoms with Gasteiger partial charge >= 0.3 is 53.6 Å². The third-order valence-electron chi connectivity index (χ3n) is 4.47. The number of carbonyl (C=O) groups is 1. The number of nitrogens with one attached hydrogen (secondary N) is 2. The summed E-state index contributed by atoms with van der Waals surface area (Å²) in [5.41, 5.74) is 1.94. The molecule has 0 aliphatic carbocycles. The number of hydroxylamine groups is 1. The molecule has 0 heterocycles. The normalized spacial score (nSPS) is 15.4. The monoisotopic (exact) mass is 642 g/mol. The van der Waals surface area contributed by atoms with Crippen LogP contribution < -0.4 is 10.2 Å². The number of hydrogen-bond donors (Lipinski definition) is 2. The number of alkyl halides is 17. The van der Waals surface area contributed by atoms with E-state index in [2.05, 4.69) is 4.84 Å². The van der Waals surface area contributed by atoms with Crippen LogP contribution >= 0.6 is 0 Å². The standard InChI is InChI=1S/C15H15F17N2O4S/c1-7(35)38-33-4-2-5-34-39(36,37)6-3-8(16,17)9(18,19)10(20,21)11(22,23)12(24,25)13(26,27)14(28,29)15(30,31)32/h33-34H,2-6H2,1H3. The fourth-order valence-corrected chi connectivity index (χ4v) is 3.35. The van der Waals surface area contributed by atoms with Crippen molar-refractivity contribution in [3.05, 3.63) is 0 Å². The first-order chi connectivity index (χ1) is 16.9. The van der Waals surface area contributed by atoms with Gasteiger partial charge in [-0.1, -0.05) is 0 Å². The first kappa shape index (κ1) is 37.1. The molecule has 0 saturated carbocycles. The fraction of sp³-hybridized carbons (Fsp3) is 0.933. The maximum Gasteiger partial charge on any atom is 0.460 e. The topological polar surface area (TPSA) is 84.5 Å². The van der Waals surface area contributed by atoms with Gasteiger partial charge in [-0.05, 0) is 6.42 Å². The number of sulfonamides is 1. The zero-order valence-corrected chi connectivity index (χ0v) is 19.3. The summed E-state index contributed by atoms with van der Waals surface area (Å²) in [5.74, 6) is -60.8. The Morgan fingerprint density at radius 2 is 1.03 bits per heavy atom. The Hall–Kier alpha value is -1.85. The van der Waals surface area contributed by atoms with Gasteiger partial charge in [0.2, 0.25) is 10.0 Å². The van der Waals surface area contributed by atoms with Crippen molar-refractivity contribution in [3.8, 4) is 0 Å². The minimum absolute atomic E-state index is 0.316. The molecular formula is C15H15F17N2O4S. The first-order valence-electron chi connectivity index (χ1n) is 9.46. The molecule has 0 amide bonds. The third kappa shape index (κ3) is 6.90. The summed E-state index contributed by atoms with van der Waals surface area (Å²) >= 11 is 0. The van der Waals surface area contributed by atoms with Crippen LogP contribution in [0, 0.1) is 0 Å². The van der Waals surface area contributed by atoms with Gasteiger partial charge in [-0.25, -0.2) is 13.1 Å². The highest BCUT2D eigenvalue weighted by molar-refractivity contribution is 7.89. The molecule has 0 unspecified atom stereocenters. The second-order valence-electron chi connectivity index (χ2n) is 7.45. The SMILES string of the molecule is CC(=O)ONCCCNS(=O)(=O)CCC(F)(F)C(F)(F)C(F)(F)C(F)(F)C(F)(F)C(F)(F)C(F)(F)C(F)(F)F. The van der Waals surface area contributed by atoms with Crippen LogP contribution in [0.4, 0.5) is 74.6 Å². The van der Waals surface area contributed by atoms with E-state index in [-0.39, 0.29) is 13.0 Å². The highest BCUT2D eigenvalue weighted by Crippen LogP contribution is 2.64. The summed E-state index contributed by atoms with van der Waals surface area (Å²) in [5, 5.41) is 0. The largest absolute Gasteiger partial charge is 0.460 e. The number of halogens is 17. The molecule has 0 spiro atoms. The van der Waals surface area contributed by atoms with Crippen LogP contribution in [0.2, 0.25) is 0 Å². The Balaban J connectivity index is 5.95. The lowest BCUT2D eigenvalue weighted by molar-refractivity contribution is -0.461. The maximum atomic E-state index is 13.8. The van der Waals surface area contributed by atoms with E-state index in [0.29, 0.717) is 0 Å². The molecule has 6 nitrogen and oxygen atoms in total. The van der Waals surface area contributed by atoms with E-state index in [9.17, 15) is 87.8 Å². The van der Waals surface area contributed by atoms with E-state index in [1.54, 1.807) is 0 Å². The Morgan fingerprint density at radius 3 is 1.41 bits per heavy atom. The number of hydrogen-bond acceptors (Lipinski definition) is 5. The second kappa shape index (κ2) is 11.2. The van der Waals surface area contributed by atoms with Crippen LogP contribution in [-0.2, 0) is 19.7 Å². The molecule has 0 saturated heterocycles. The van der Waals surface area contributed by atoms with Crippen LogP contribution in [0.15, 0.2) is 0 Å². The van der Waals surface area contributed by atoms with E-state index in [1.165, 1.54) is 4.72 Å². The van der Waals surface area contributed by atoms with Gasteiger partial charge in [-0.3, -0.25) is 4.79 Å². The van der Waals surface area contributed by atoms with Crippen LogP contribution in [0.5, 0.6) is 0 Å². The van der Waals surface area contributed by atoms with Gasteiger partial charge in [0, 0.05) is 26.4 Å². The molecule has 24 heteroatoms. The summed E-state index contributed by atoms with van der Waals surface area (Å²) in [6.45, 7) is -0.138. The molecule has 0 fully saturated rings. The third-order valence-corrected chi connectivity index (χ3v) is 5.85. The highest BCUT2D eigenvalue weighted by Gasteiger charge is 2.95. The van der Waals surface area contributed by atoms with Crippen molar-refractivity contribution in [1.29, 1.82) is 0 Å². The number of rotatable bonds is 15. The van der Waals surface area contributed by atoms with Crippen LogP contribution in [-0.4, -0.2) is 80.9 Å². The molecular weight excluding hydrogens is 627 g/mol. The van der Waals surface area contributed by atoms with Gasteiger partial charge in [0.1, 0.15) is 0 Å². The zero-order chi connectivity index (χ0) is 31.7. The Kier molecular flexibility index (Phi) is 10.7. The second-order valence-corrected chi connectivity index (χ2v) is 9.38. The van der Waals surface area contributed by atoms with Crippen molar-refractivity contribution in [2.45, 2.75) is 67.4 Å². The molecule has 0 aliphatic heterocycles. The van der Waals surface area contributed by atoms with Gasteiger partial charge in [-0.2, -0.15) is 80.1 Å². The van der Waals surface area contributed by atoms with Crippen LogP contribution in [0.1, 0.15) is 19.8 Å². The lowest BCUT2D eigenvalue weighted by Gasteiger charge is -2.42. The van der Waals surface area contributed by atoms with E-state index in [4.69, 9.17) is 0 Å². The minimum Gasteiger partial charge on any atom is -0.371 e. The average molecular weight is 642 g/mol. The molecule has 39 heavy (non-hydrogen) atoms. The molecule has 0 aromatic rings. The van der Waals surface area contributed by atoms with E-state index < -0.39 is 82.3 Å². The molecule has 0 aliphatic rings. The highest BCUT2D eigenvalue weighted by atomic mass is 32.2. The Morgan fingerprint density at radius 1 is 0.641 bits per heavy atom. The van der Waals surface area contributed by atoms with Crippen molar-refractivity contribution in [1.82, 2.24) is 10.2 Å². The first-order valence-corrected chi connectivity index (χ1v) is 11.1. The summed E-state index contributed by atoms with van der Waals surface area (Å²) < 4.78 is 248. The lowest BCUT2D eigenvalue weighted by Crippen LogP contribution is -2.74. The van der Waals surface area contributed by atoms with Gasteiger partial charge in [0.05, 0.1) is 5.75 Å². The Bertz CT molecular complexity index is 966. The lowest BCUT2D eigenvalue weighted by atomic mass is 9.88. The molecule has 0 radical (unpaired) electrons. The summed E-state index contributed by atoms with van der Waals surface area (Å²) in [7, 11) is -5.17. The smallest absolute Gasteiger partial charge is 0.371 e. The quantitative estimate of drug-likeness (QED) is 0.153. The summed E-state index contributed by atoms with van der Waals surface area (Å²) in [6.07, 6.45) is -11.3. The van der Waals surface area contributed by atoms with Crippen molar-refractivity contribution in [3.63, 3.8) is 0 Å². The van der Waals surface area contributed by atoms with Gasteiger partial charge in [0.25, 0.3) is 0 Å². The Labute approximate surface area is 206 Å². The van der Waals surface area contributed by atoms with Gasteiger partial charge in [-0.15, -0.1) is 0 Å². The van der Waals surface area contributed by atoms with Crippen molar-refractivity contribution in [2.75, 3.05) is 18.8 Å². The van der Waals surface area contributed by atoms with Crippen molar-refractivity contribution < 1.29 is 92.7 Å². The minimum atomic E-state index is -8.75. The molecule has 0 rings (SSSR count). The predicted octanol–water partition coefficient (Wildman–Crippen LogP) is 4.76. The van der Waals surface area contributed by atoms with E-state index >= 15 is 0 Å². The molecule has 2 N–H and O–H groups in total. The molecule has 0 atom stereocenters. The van der Waals surface area contributed by atoms with Crippen molar-refractivity contribution >= 4 is 16.0 Å².